The van der Waals surface area contributed by atoms with E-state index in [1.165, 1.54) is 25.3 Å². The van der Waals surface area contributed by atoms with Crippen molar-refractivity contribution < 1.29 is 14.3 Å². The molecule has 2 rings (SSSR count). The van der Waals surface area contributed by atoms with Gasteiger partial charge in [-0.2, -0.15) is 0 Å². The standard InChI is InChI=1S/C16H12Cl3NO3/c1-23-16(22)10-3-5-12(18)14(6-10)20-15(21)7-9-2-4-11(17)8-13(9)19/h2-6,8H,7H2,1H3,(H,20,21). The Morgan fingerprint density at radius 3 is 2.43 bits per heavy atom. The number of hydrogen-bond acceptors (Lipinski definition) is 3. The molecule has 1 N–H and O–H groups in total. The number of anilines is 1. The van der Waals surface area contributed by atoms with E-state index in [2.05, 4.69) is 10.1 Å². The van der Waals surface area contributed by atoms with E-state index in [0.717, 1.165) is 0 Å². The van der Waals surface area contributed by atoms with Gasteiger partial charge in [0.2, 0.25) is 5.91 Å². The third kappa shape index (κ3) is 4.61. The van der Waals surface area contributed by atoms with Crippen molar-refractivity contribution in [3.05, 3.63) is 62.6 Å². The normalized spacial score (nSPS) is 10.3. The van der Waals surface area contributed by atoms with Crippen LogP contribution in [0.1, 0.15) is 15.9 Å². The fourth-order valence-electron chi connectivity index (χ4n) is 1.90. The Hall–Kier alpha value is -1.75. The van der Waals surface area contributed by atoms with Gasteiger partial charge in [0.05, 0.1) is 29.8 Å². The van der Waals surface area contributed by atoms with Crippen molar-refractivity contribution in [1.82, 2.24) is 0 Å². The van der Waals surface area contributed by atoms with E-state index >= 15 is 0 Å². The highest BCUT2D eigenvalue weighted by Gasteiger charge is 2.13. The molecule has 23 heavy (non-hydrogen) atoms. The van der Waals surface area contributed by atoms with Crippen LogP contribution >= 0.6 is 34.8 Å². The summed E-state index contributed by atoms with van der Waals surface area (Å²) in [5.74, 6) is -0.837. The molecule has 2 aromatic rings. The minimum absolute atomic E-state index is 0.0504. The van der Waals surface area contributed by atoms with Crippen molar-refractivity contribution in [2.45, 2.75) is 6.42 Å². The van der Waals surface area contributed by atoms with Crippen LogP contribution in [0, 0.1) is 0 Å². The molecular formula is C16H12Cl3NO3. The van der Waals surface area contributed by atoms with Crippen LogP contribution in [0.5, 0.6) is 0 Å². The minimum Gasteiger partial charge on any atom is -0.465 e. The molecule has 0 saturated heterocycles. The third-order valence-electron chi connectivity index (χ3n) is 3.03. The highest BCUT2D eigenvalue weighted by Crippen LogP contribution is 2.25. The van der Waals surface area contributed by atoms with Gasteiger partial charge < -0.3 is 10.1 Å². The Morgan fingerprint density at radius 1 is 1.04 bits per heavy atom. The lowest BCUT2D eigenvalue weighted by atomic mass is 10.1. The van der Waals surface area contributed by atoms with Crippen LogP contribution in [0.3, 0.4) is 0 Å². The predicted molar refractivity (Wildman–Crippen MR) is 91.6 cm³/mol. The lowest BCUT2D eigenvalue weighted by molar-refractivity contribution is -0.115. The molecular weight excluding hydrogens is 361 g/mol. The summed E-state index contributed by atoms with van der Waals surface area (Å²) in [6.45, 7) is 0. The SMILES string of the molecule is COC(=O)c1ccc(Cl)c(NC(=O)Cc2ccc(Cl)cc2Cl)c1. The molecule has 0 bridgehead atoms. The summed E-state index contributed by atoms with van der Waals surface area (Å²) in [5.41, 5.74) is 1.25. The lowest BCUT2D eigenvalue weighted by Gasteiger charge is -2.10. The first-order valence-electron chi connectivity index (χ1n) is 6.52. The van der Waals surface area contributed by atoms with Gasteiger partial charge in [0.1, 0.15) is 0 Å². The highest BCUT2D eigenvalue weighted by atomic mass is 35.5. The summed E-state index contributed by atoms with van der Waals surface area (Å²) >= 11 is 17.9. The average molecular weight is 373 g/mol. The van der Waals surface area contributed by atoms with Crippen molar-refractivity contribution in [3.63, 3.8) is 0 Å². The van der Waals surface area contributed by atoms with E-state index in [1.807, 2.05) is 0 Å². The van der Waals surface area contributed by atoms with Gasteiger partial charge in [0, 0.05) is 10.0 Å². The number of nitrogens with one attached hydrogen (secondary N) is 1. The number of hydrogen-bond donors (Lipinski definition) is 1. The number of carbonyl (C=O) groups is 2. The summed E-state index contributed by atoms with van der Waals surface area (Å²) in [5, 5.41) is 3.86. The molecule has 0 radical (unpaired) electrons. The van der Waals surface area contributed by atoms with Crippen LogP contribution in [0.25, 0.3) is 0 Å². The molecule has 0 unspecified atom stereocenters. The van der Waals surface area contributed by atoms with Gasteiger partial charge in [-0.1, -0.05) is 40.9 Å². The van der Waals surface area contributed by atoms with E-state index in [1.54, 1.807) is 18.2 Å². The van der Waals surface area contributed by atoms with Gasteiger partial charge in [-0.3, -0.25) is 4.79 Å². The molecule has 0 atom stereocenters. The van der Waals surface area contributed by atoms with Crippen molar-refractivity contribution in [2.24, 2.45) is 0 Å². The van der Waals surface area contributed by atoms with Gasteiger partial charge in [-0.25, -0.2) is 4.79 Å². The Balaban J connectivity index is 2.15. The molecule has 0 spiro atoms. The van der Waals surface area contributed by atoms with E-state index in [9.17, 15) is 9.59 Å². The molecule has 0 heterocycles. The molecule has 0 saturated carbocycles. The third-order valence-corrected chi connectivity index (χ3v) is 3.94. The number of esters is 1. The first kappa shape index (κ1) is 17.6. The number of rotatable bonds is 4. The second-order valence-corrected chi connectivity index (χ2v) is 5.90. The quantitative estimate of drug-likeness (QED) is 0.797. The van der Waals surface area contributed by atoms with Crippen LogP contribution < -0.4 is 5.32 Å². The second-order valence-electron chi connectivity index (χ2n) is 4.65. The number of carbonyl (C=O) groups excluding carboxylic acids is 2. The van der Waals surface area contributed by atoms with E-state index in [-0.39, 0.29) is 17.9 Å². The summed E-state index contributed by atoms with van der Waals surface area (Å²) in [6, 6.07) is 9.38. The zero-order valence-corrected chi connectivity index (χ0v) is 14.3. The smallest absolute Gasteiger partial charge is 0.337 e. The zero-order valence-electron chi connectivity index (χ0n) is 12.0. The van der Waals surface area contributed by atoms with Crippen LogP contribution in [0.4, 0.5) is 5.69 Å². The zero-order chi connectivity index (χ0) is 17.0. The van der Waals surface area contributed by atoms with Crippen molar-refractivity contribution >= 4 is 52.4 Å². The van der Waals surface area contributed by atoms with E-state index in [0.29, 0.717) is 26.3 Å². The van der Waals surface area contributed by atoms with E-state index in [4.69, 9.17) is 34.8 Å². The molecule has 2 aromatic carbocycles. The number of halogens is 3. The molecule has 0 aliphatic carbocycles. The van der Waals surface area contributed by atoms with Gasteiger partial charge >= 0.3 is 5.97 Å². The molecule has 0 aliphatic heterocycles. The number of methoxy groups -OCH3 is 1. The molecule has 4 nitrogen and oxygen atoms in total. The van der Waals surface area contributed by atoms with Crippen molar-refractivity contribution in [3.8, 4) is 0 Å². The van der Waals surface area contributed by atoms with Crippen molar-refractivity contribution in [2.75, 3.05) is 12.4 Å². The van der Waals surface area contributed by atoms with Crippen LogP contribution in [0.2, 0.25) is 15.1 Å². The molecule has 7 heteroatoms. The first-order chi connectivity index (χ1) is 10.9. The first-order valence-corrected chi connectivity index (χ1v) is 7.65. The molecule has 0 aromatic heterocycles. The maximum absolute atomic E-state index is 12.1. The highest BCUT2D eigenvalue weighted by molar-refractivity contribution is 6.35. The number of ether oxygens (including phenoxy) is 1. The van der Waals surface area contributed by atoms with Gasteiger partial charge in [0.25, 0.3) is 0 Å². The second kappa shape index (κ2) is 7.68. The predicted octanol–water partition coefficient (Wildman–Crippen LogP) is 4.61. The van der Waals surface area contributed by atoms with Crippen LogP contribution in [-0.4, -0.2) is 19.0 Å². The molecule has 0 aliphatic rings. The minimum atomic E-state index is -0.516. The largest absolute Gasteiger partial charge is 0.465 e. The lowest BCUT2D eigenvalue weighted by Crippen LogP contribution is -2.15. The molecule has 1 amide bonds. The summed E-state index contributed by atoms with van der Waals surface area (Å²) in [6.07, 6.45) is 0.0504. The van der Waals surface area contributed by atoms with Gasteiger partial charge in [0.15, 0.2) is 0 Å². The fourth-order valence-corrected chi connectivity index (χ4v) is 2.54. The summed E-state index contributed by atoms with van der Waals surface area (Å²) in [7, 11) is 1.28. The number of amides is 1. The Kier molecular flexibility index (Phi) is 5.88. The van der Waals surface area contributed by atoms with Gasteiger partial charge in [-0.15, -0.1) is 0 Å². The summed E-state index contributed by atoms with van der Waals surface area (Å²) < 4.78 is 4.63. The van der Waals surface area contributed by atoms with Gasteiger partial charge in [-0.05, 0) is 35.9 Å². The maximum Gasteiger partial charge on any atom is 0.337 e. The number of benzene rings is 2. The van der Waals surface area contributed by atoms with Crippen LogP contribution in [0.15, 0.2) is 36.4 Å². The molecule has 0 fully saturated rings. The Morgan fingerprint density at radius 2 is 1.78 bits per heavy atom. The topological polar surface area (TPSA) is 55.4 Å². The van der Waals surface area contributed by atoms with E-state index < -0.39 is 5.97 Å². The van der Waals surface area contributed by atoms with Crippen molar-refractivity contribution in [1.29, 1.82) is 0 Å². The Bertz CT molecular complexity index is 762. The van der Waals surface area contributed by atoms with Crippen LogP contribution in [-0.2, 0) is 16.0 Å². The maximum atomic E-state index is 12.1. The average Bonchev–Trinajstić information content (AvgIpc) is 2.51. The molecule has 120 valence electrons. The monoisotopic (exact) mass is 371 g/mol. The summed E-state index contributed by atoms with van der Waals surface area (Å²) in [4.78, 5) is 23.7. The fraction of sp³-hybridized carbons (Fsp3) is 0.125. The Labute approximate surface area is 148 Å².